The van der Waals surface area contributed by atoms with Gasteiger partial charge in [-0.2, -0.15) is 0 Å². The number of aryl methyl sites for hydroxylation is 2. The van der Waals surface area contributed by atoms with Crippen LogP contribution < -0.4 is 0 Å². The number of likely N-dealkylation sites (N-methyl/N-ethyl adjacent to an activating group) is 1. The van der Waals surface area contributed by atoms with E-state index in [-0.39, 0.29) is 5.92 Å². The van der Waals surface area contributed by atoms with Gasteiger partial charge in [-0.15, -0.1) is 0 Å². The molecular weight excluding hydrogens is 436 g/mol. The highest BCUT2D eigenvalue weighted by Gasteiger charge is 2.30. The fraction of sp³-hybridized carbons (Fsp3) is 0.433. The highest BCUT2D eigenvalue weighted by atomic mass is 32.2. The Morgan fingerprint density at radius 3 is 2.47 bits per heavy atom. The molecule has 2 aromatic carbocycles. The van der Waals surface area contributed by atoms with E-state index in [9.17, 15) is 4.55 Å². The topological polar surface area (TPSA) is 38.7 Å². The van der Waals surface area contributed by atoms with Gasteiger partial charge >= 0.3 is 0 Å². The van der Waals surface area contributed by atoms with Crippen molar-refractivity contribution in [3.8, 4) is 0 Å². The maximum absolute atomic E-state index is 12.1. The first-order valence-electron chi connectivity index (χ1n) is 12.5. The number of nitrogens with zero attached hydrogens (tertiary/aromatic N) is 2. The van der Waals surface area contributed by atoms with Gasteiger partial charge in [0.1, 0.15) is 11.6 Å². The normalized spacial score (nSPS) is 20.3. The van der Waals surface area contributed by atoms with E-state index in [1.165, 1.54) is 39.0 Å². The van der Waals surface area contributed by atoms with Gasteiger partial charge in [0, 0.05) is 13.6 Å². The van der Waals surface area contributed by atoms with Crippen molar-refractivity contribution in [2.75, 3.05) is 25.6 Å². The average molecular weight is 475 g/mol. The lowest BCUT2D eigenvalue weighted by atomic mass is 9.87. The fourth-order valence-corrected chi connectivity index (χ4v) is 6.21. The zero-order valence-electron chi connectivity index (χ0n) is 21.3. The van der Waals surface area contributed by atoms with E-state index in [1.54, 1.807) is 6.26 Å². The Balaban J connectivity index is 1.46. The van der Waals surface area contributed by atoms with E-state index in [0.717, 1.165) is 38.1 Å². The van der Waals surface area contributed by atoms with Gasteiger partial charge in [-0.25, -0.2) is 0 Å². The van der Waals surface area contributed by atoms with Gasteiger partial charge in [0.2, 0.25) is 0 Å². The number of amidine groups is 1. The zero-order valence-corrected chi connectivity index (χ0v) is 22.1. The second-order valence-corrected chi connectivity index (χ2v) is 11.5. The molecule has 3 atom stereocenters. The molecule has 3 unspecified atom stereocenters. The molecule has 4 heteroatoms. The molecule has 1 aliphatic carbocycles. The third-order valence-corrected chi connectivity index (χ3v) is 7.89. The maximum Gasteiger partial charge on any atom is 0.119 e. The number of benzene rings is 2. The lowest BCUT2D eigenvalue weighted by Gasteiger charge is -2.23. The molecule has 34 heavy (non-hydrogen) atoms. The molecule has 4 rings (SSSR count). The van der Waals surface area contributed by atoms with Crippen LogP contribution in [-0.2, 0) is 24.0 Å². The van der Waals surface area contributed by atoms with Crippen LogP contribution in [0.5, 0.6) is 0 Å². The van der Waals surface area contributed by atoms with Gasteiger partial charge in [0.25, 0.3) is 0 Å². The summed E-state index contributed by atoms with van der Waals surface area (Å²) in [5.74, 6) is 1.78. The van der Waals surface area contributed by atoms with Crippen LogP contribution in [0.1, 0.15) is 61.8 Å². The Bertz CT molecular complexity index is 1100. The van der Waals surface area contributed by atoms with E-state index < -0.39 is 11.2 Å². The van der Waals surface area contributed by atoms with Crippen LogP contribution in [0.25, 0.3) is 5.57 Å². The quantitative estimate of drug-likeness (QED) is 0.429. The van der Waals surface area contributed by atoms with Gasteiger partial charge in [0.15, 0.2) is 0 Å². The molecule has 0 amide bonds. The van der Waals surface area contributed by atoms with Crippen molar-refractivity contribution in [2.45, 2.75) is 58.4 Å². The highest BCUT2D eigenvalue weighted by Crippen LogP contribution is 2.33. The Morgan fingerprint density at radius 2 is 1.82 bits per heavy atom. The summed E-state index contributed by atoms with van der Waals surface area (Å²) in [6.07, 6.45) is 8.52. The first kappa shape index (κ1) is 24.8. The van der Waals surface area contributed by atoms with Crippen molar-refractivity contribution < 1.29 is 4.55 Å². The fourth-order valence-electron chi connectivity index (χ4n) is 5.40. The summed E-state index contributed by atoms with van der Waals surface area (Å²) in [5, 5.41) is 0. The lowest BCUT2D eigenvalue weighted by molar-refractivity contribution is 0.502. The average Bonchev–Trinajstić information content (AvgIpc) is 3.14. The first-order chi connectivity index (χ1) is 16.3. The van der Waals surface area contributed by atoms with Crippen LogP contribution >= 0.6 is 0 Å². The molecule has 180 valence electrons. The zero-order chi connectivity index (χ0) is 24.2. The number of rotatable bonds is 8. The van der Waals surface area contributed by atoms with E-state index in [1.807, 2.05) is 0 Å². The van der Waals surface area contributed by atoms with Crippen molar-refractivity contribution in [3.05, 3.63) is 88.0 Å². The minimum absolute atomic E-state index is 0.0924. The summed E-state index contributed by atoms with van der Waals surface area (Å²) >= 11 is -0.877. The molecule has 0 spiro atoms. The Kier molecular flexibility index (Phi) is 8.00. The minimum atomic E-state index is -0.877. The van der Waals surface area contributed by atoms with Crippen LogP contribution in [0.15, 0.2) is 70.7 Å². The van der Waals surface area contributed by atoms with E-state index >= 15 is 0 Å². The van der Waals surface area contributed by atoms with Crippen molar-refractivity contribution >= 4 is 22.6 Å². The van der Waals surface area contributed by atoms with Gasteiger partial charge in [-0.05, 0) is 79.9 Å². The number of aliphatic imine (C=N–C) groups is 1. The number of hydrogen-bond acceptors (Lipinski definition) is 3. The third kappa shape index (κ3) is 5.84. The molecule has 2 aromatic rings. The molecule has 1 heterocycles. The second-order valence-electron chi connectivity index (χ2n) is 10.0. The molecule has 0 fully saturated rings. The van der Waals surface area contributed by atoms with Crippen LogP contribution in [0.3, 0.4) is 0 Å². The molecule has 1 aliphatic heterocycles. The monoisotopic (exact) mass is 474 g/mol. The third-order valence-electron chi connectivity index (χ3n) is 7.09. The van der Waals surface area contributed by atoms with Gasteiger partial charge in [0.05, 0.1) is 18.2 Å². The highest BCUT2D eigenvalue weighted by molar-refractivity contribution is 7.90. The summed E-state index contributed by atoms with van der Waals surface area (Å²) in [6.45, 7) is 7.59. The van der Waals surface area contributed by atoms with E-state index in [4.69, 9.17) is 4.99 Å². The molecular formula is C30H38N2OS. The van der Waals surface area contributed by atoms with Crippen LogP contribution in [-0.4, -0.2) is 46.9 Å². The largest absolute Gasteiger partial charge is 0.617 e. The summed E-state index contributed by atoms with van der Waals surface area (Å²) in [7, 11) is 2.10. The number of hydrogen-bond donors (Lipinski definition) is 0. The summed E-state index contributed by atoms with van der Waals surface area (Å²) in [5.41, 5.74) is 9.63. The van der Waals surface area contributed by atoms with Crippen molar-refractivity contribution in [2.24, 2.45) is 4.99 Å². The summed E-state index contributed by atoms with van der Waals surface area (Å²) in [4.78, 5) is 7.08. The Labute approximate surface area is 208 Å². The molecule has 3 nitrogen and oxygen atoms in total. The number of allylic oxidation sites excluding steroid dienone is 4. The van der Waals surface area contributed by atoms with Gasteiger partial charge < -0.3 is 9.45 Å². The van der Waals surface area contributed by atoms with Crippen LogP contribution in [0, 0.1) is 0 Å². The predicted octanol–water partition coefficient (Wildman–Crippen LogP) is 6.18. The Hall–Kier alpha value is -2.30. The maximum atomic E-state index is 12.1. The molecule has 0 saturated heterocycles. The second kappa shape index (κ2) is 11.0. The molecule has 0 saturated carbocycles. The van der Waals surface area contributed by atoms with E-state index in [0.29, 0.717) is 11.8 Å². The van der Waals surface area contributed by atoms with Crippen molar-refractivity contribution in [1.82, 2.24) is 4.90 Å². The predicted molar refractivity (Wildman–Crippen MR) is 147 cm³/mol. The van der Waals surface area contributed by atoms with Crippen LogP contribution in [0.4, 0.5) is 0 Å². The minimum Gasteiger partial charge on any atom is -0.617 e. The van der Waals surface area contributed by atoms with Crippen LogP contribution in [0.2, 0.25) is 0 Å². The SMILES string of the molecule is CC1=CCCC(C)=C1c1cccc(CCc2ccc(C(C[S+](C)[O-])C3=NC(C)CN3C)cc2)c1. The molecule has 2 aliphatic rings. The van der Waals surface area contributed by atoms with Gasteiger partial charge in [-0.1, -0.05) is 71.4 Å². The molecule has 0 N–H and O–H groups in total. The summed E-state index contributed by atoms with van der Waals surface area (Å²) < 4.78 is 12.1. The molecule has 0 radical (unpaired) electrons. The first-order valence-corrected chi connectivity index (χ1v) is 14.2. The van der Waals surface area contributed by atoms with Gasteiger partial charge in [-0.3, -0.25) is 4.99 Å². The lowest BCUT2D eigenvalue weighted by Crippen LogP contribution is -2.32. The van der Waals surface area contributed by atoms with E-state index in [2.05, 4.69) is 87.3 Å². The summed E-state index contributed by atoms with van der Waals surface area (Å²) in [6, 6.07) is 18.3. The molecule has 0 aromatic heterocycles. The van der Waals surface area contributed by atoms with Crippen molar-refractivity contribution in [3.63, 3.8) is 0 Å². The smallest absolute Gasteiger partial charge is 0.119 e. The Morgan fingerprint density at radius 1 is 1.09 bits per heavy atom. The standard InChI is InChI=1S/C30H38N2OS/c1-21-8-6-9-22(2)29(21)27-11-7-10-25(18-27)13-12-24-14-16-26(17-15-24)28(20-34(5)33)30-31-23(3)19-32(30)4/h7-8,10-11,14-18,23,28H,6,9,12-13,19-20H2,1-5H3. The van der Waals surface area contributed by atoms with Crippen molar-refractivity contribution in [1.29, 1.82) is 0 Å². The molecule has 0 bridgehead atoms.